The summed E-state index contributed by atoms with van der Waals surface area (Å²) in [7, 11) is 0. The smallest absolute Gasteiger partial charge is 0.224 e. The number of amides is 1. The van der Waals surface area contributed by atoms with Crippen LogP contribution in [-0.4, -0.2) is 38.3 Å². The summed E-state index contributed by atoms with van der Waals surface area (Å²) >= 11 is 0. The van der Waals surface area contributed by atoms with Gasteiger partial charge in [-0.05, 0) is 33.2 Å². The van der Waals surface area contributed by atoms with Gasteiger partial charge in [-0.3, -0.25) is 4.79 Å². The summed E-state index contributed by atoms with van der Waals surface area (Å²) in [5.74, 6) is 0.178. The predicted molar refractivity (Wildman–Crippen MR) is 71.0 cm³/mol. The molecule has 0 fully saturated rings. The van der Waals surface area contributed by atoms with Gasteiger partial charge < -0.3 is 15.4 Å². The largest absolute Gasteiger partial charge is 0.379 e. The van der Waals surface area contributed by atoms with Gasteiger partial charge in [0.15, 0.2) is 0 Å². The van der Waals surface area contributed by atoms with Crippen LogP contribution in [0.2, 0.25) is 0 Å². The lowest BCUT2D eigenvalue weighted by Crippen LogP contribution is -2.35. The van der Waals surface area contributed by atoms with Gasteiger partial charge in [0.05, 0.1) is 6.10 Å². The molecule has 0 aromatic heterocycles. The summed E-state index contributed by atoms with van der Waals surface area (Å²) in [4.78, 5) is 11.6. The molecule has 1 unspecified atom stereocenters. The van der Waals surface area contributed by atoms with E-state index < -0.39 is 0 Å². The Morgan fingerprint density at radius 1 is 1.24 bits per heavy atom. The topological polar surface area (TPSA) is 50.4 Å². The molecule has 102 valence electrons. The van der Waals surface area contributed by atoms with Crippen molar-refractivity contribution < 1.29 is 9.53 Å². The average Bonchev–Trinajstić information content (AvgIpc) is 2.29. The molecule has 0 aliphatic carbocycles. The molecule has 0 bridgehead atoms. The zero-order chi connectivity index (χ0) is 13.1. The van der Waals surface area contributed by atoms with Crippen LogP contribution < -0.4 is 10.6 Å². The van der Waals surface area contributed by atoms with E-state index in [9.17, 15) is 4.79 Å². The molecule has 0 radical (unpaired) electrons. The monoisotopic (exact) mass is 244 g/mol. The van der Waals surface area contributed by atoms with E-state index in [1.165, 1.54) is 0 Å². The number of carbonyl (C=O) groups excluding carboxylic acids is 1. The van der Waals surface area contributed by atoms with Crippen LogP contribution in [-0.2, 0) is 9.53 Å². The lowest BCUT2D eigenvalue weighted by atomic mass is 10.1. The third kappa shape index (κ3) is 10.3. The molecule has 0 heterocycles. The molecule has 0 aromatic rings. The van der Waals surface area contributed by atoms with Crippen LogP contribution in [0.5, 0.6) is 0 Å². The number of hydrogen-bond donors (Lipinski definition) is 2. The number of rotatable bonds is 10. The molecule has 0 aliphatic heterocycles. The molecular formula is C13H28N2O2. The van der Waals surface area contributed by atoms with Crippen LogP contribution in [0.4, 0.5) is 0 Å². The molecule has 1 amide bonds. The fourth-order valence-corrected chi connectivity index (χ4v) is 1.39. The first-order valence-electron chi connectivity index (χ1n) is 6.68. The zero-order valence-electron chi connectivity index (χ0n) is 11.7. The number of ether oxygens (including phenoxy) is 1. The fourth-order valence-electron chi connectivity index (χ4n) is 1.39. The van der Waals surface area contributed by atoms with Gasteiger partial charge in [0.2, 0.25) is 5.91 Å². The number of unbranched alkanes of at least 4 members (excludes halogenated alkanes) is 1. The van der Waals surface area contributed by atoms with E-state index in [-0.39, 0.29) is 11.8 Å². The van der Waals surface area contributed by atoms with E-state index in [1.807, 2.05) is 27.7 Å². The minimum atomic E-state index is 0.0434. The molecule has 0 aliphatic rings. The molecule has 0 spiro atoms. The minimum absolute atomic E-state index is 0.0434. The maximum absolute atomic E-state index is 11.6. The maximum Gasteiger partial charge on any atom is 0.224 e. The highest BCUT2D eigenvalue weighted by molar-refractivity contribution is 5.78. The van der Waals surface area contributed by atoms with Gasteiger partial charge in [0.1, 0.15) is 0 Å². The second kappa shape index (κ2) is 10.5. The van der Waals surface area contributed by atoms with Crippen LogP contribution in [0.1, 0.15) is 40.5 Å². The van der Waals surface area contributed by atoms with Crippen LogP contribution in [0.25, 0.3) is 0 Å². The van der Waals surface area contributed by atoms with Crippen molar-refractivity contribution in [1.29, 1.82) is 0 Å². The van der Waals surface area contributed by atoms with Crippen molar-refractivity contribution in [3.05, 3.63) is 0 Å². The van der Waals surface area contributed by atoms with Crippen molar-refractivity contribution in [2.24, 2.45) is 5.92 Å². The van der Waals surface area contributed by atoms with Crippen molar-refractivity contribution in [3.63, 3.8) is 0 Å². The summed E-state index contributed by atoms with van der Waals surface area (Å²) in [6, 6.07) is 0. The quantitative estimate of drug-likeness (QED) is 0.573. The lowest BCUT2D eigenvalue weighted by Gasteiger charge is -2.12. The Labute approximate surface area is 105 Å². The van der Waals surface area contributed by atoms with Crippen LogP contribution in [0.3, 0.4) is 0 Å². The van der Waals surface area contributed by atoms with Gasteiger partial charge in [-0.15, -0.1) is 0 Å². The number of nitrogens with one attached hydrogen (secondary N) is 2. The fraction of sp³-hybridized carbons (Fsp3) is 0.923. The molecule has 0 rings (SSSR count). The first-order chi connectivity index (χ1) is 8.07. The van der Waals surface area contributed by atoms with Gasteiger partial charge >= 0.3 is 0 Å². The van der Waals surface area contributed by atoms with Gasteiger partial charge in [0, 0.05) is 25.6 Å². The summed E-state index contributed by atoms with van der Waals surface area (Å²) < 4.78 is 5.43. The average molecular weight is 244 g/mol. The number of carbonyl (C=O) groups is 1. The Kier molecular flexibility index (Phi) is 10.2. The molecule has 0 aromatic carbocycles. The van der Waals surface area contributed by atoms with E-state index in [1.54, 1.807) is 0 Å². The zero-order valence-corrected chi connectivity index (χ0v) is 11.7. The maximum atomic E-state index is 11.6. The molecule has 4 heteroatoms. The van der Waals surface area contributed by atoms with Gasteiger partial charge in [-0.2, -0.15) is 0 Å². The Morgan fingerprint density at radius 3 is 2.53 bits per heavy atom. The van der Waals surface area contributed by atoms with Crippen molar-refractivity contribution in [2.75, 3.05) is 26.2 Å². The van der Waals surface area contributed by atoms with Gasteiger partial charge in [0.25, 0.3) is 0 Å². The van der Waals surface area contributed by atoms with Crippen LogP contribution in [0, 0.1) is 5.92 Å². The molecule has 0 saturated heterocycles. The van der Waals surface area contributed by atoms with Gasteiger partial charge in [-0.25, -0.2) is 0 Å². The molecule has 4 nitrogen and oxygen atoms in total. The van der Waals surface area contributed by atoms with Crippen molar-refractivity contribution >= 4 is 5.91 Å². The normalized spacial score (nSPS) is 12.8. The minimum Gasteiger partial charge on any atom is -0.379 e. The van der Waals surface area contributed by atoms with Crippen molar-refractivity contribution in [2.45, 2.75) is 46.6 Å². The second-order valence-electron chi connectivity index (χ2n) is 4.63. The first-order valence-corrected chi connectivity index (χ1v) is 6.68. The Hall–Kier alpha value is -0.610. The molecule has 0 saturated carbocycles. The summed E-state index contributed by atoms with van der Waals surface area (Å²) in [6.07, 6.45) is 2.27. The van der Waals surface area contributed by atoms with E-state index >= 15 is 0 Å². The first kappa shape index (κ1) is 16.4. The second-order valence-corrected chi connectivity index (χ2v) is 4.63. The predicted octanol–water partition coefficient (Wildman–Crippen LogP) is 1.55. The Morgan fingerprint density at radius 2 is 1.94 bits per heavy atom. The molecule has 1 atom stereocenters. The summed E-state index contributed by atoms with van der Waals surface area (Å²) in [6.45, 7) is 11.2. The van der Waals surface area contributed by atoms with E-state index in [0.717, 1.165) is 39.1 Å². The highest BCUT2D eigenvalue weighted by Gasteiger charge is 2.10. The SMILES string of the molecule is CCNCC(C)C(=O)NCCCCOC(C)C. The Bertz CT molecular complexity index is 196. The van der Waals surface area contributed by atoms with E-state index in [2.05, 4.69) is 10.6 Å². The van der Waals surface area contributed by atoms with Crippen LogP contribution >= 0.6 is 0 Å². The summed E-state index contributed by atoms with van der Waals surface area (Å²) in [5.41, 5.74) is 0. The van der Waals surface area contributed by atoms with Crippen molar-refractivity contribution in [3.8, 4) is 0 Å². The van der Waals surface area contributed by atoms with Crippen molar-refractivity contribution in [1.82, 2.24) is 10.6 Å². The summed E-state index contributed by atoms with van der Waals surface area (Å²) in [5, 5.41) is 6.12. The van der Waals surface area contributed by atoms with E-state index in [0.29, 0.717) is 6.10 Å². The third-order valence-corrected chi connectivity index (χ3v) is 2.47. The lowest BCUT2D eigenvalue weighted by molar-refractivity contribution is -0.124. The van der Waals surface area contributed by atoms with Crippen LogP contribution in [0.15, 0.2) is 0 Å². The standard InChI is InChI=1S/C13H28N2O2/c1-5-14-10-12(4)13(16)15-8-6-7-9-17-11(2)3/h11-12,14H,5-10H2,1-4H3,(H,15,16). The highest BCUT2D eigenvalue weighted by atomic mass is 16.5. The molecular weight excluding hydrogens is 216 g/mol. The van der Waals surface area contributed by atoms with Gasteiger partial charge in [-0.1, -0.05) is 13.8 Å². The third-order valence-electron chi connectivity index (χ3n) is 2.47. The Balaban J connectivity index is 3.38. The van der Waals surface area contributed by atoms with E-state index in [4.69, 9.17) is 4.74 Å². The highest BCUT2D eigenvalue weighted by Crippen LogP contribution is 1.95. The number of hydrogen-bond acceptors (Lipinski definition) is 3. The molecule has 17 heavy (non-hydrogen) atoms. The molecule has 2 N–H and O–H groups in total.